The van der Waals surface area contributed by atoms with Crippen LogP contribution in [0.1, 0.15) is 25.0 Å². The van der Waals surface area contributed by atoms with E-state index in [-0.39, 0.29) is 18.8 Å². The zero-order valence-electron chi connectivity index (χ0n) is 18.7. The Hall–Kier alpha value is -3.60. The molecule has 0 aliphatic carbocycles. The number of alkyl carbamates (subject to hydrolysis) is 1. The van der Waals surface area contributed by atoms with Crippen molar-refractivity contribution in [1.82, 2.24) is 10.7 Å². The summed E-state index contributed by atoms with van der Waals surface area (Å²) in [6.45, 7) is 3.42. The molecule has 34 heavy (non-hydrogen) atoms. The third-order valence-corrected chi connectivity index (χ3v) is 4.82. The number of nitrogens with zero attached hydrogens (tertiary/aromatic N) is 1. The Kier molecular flexibility index (Phi) is 10.8. The summed E-state index contributed by atoms with van der Waals surface area (Å²) in [7, 11) is 0. The molecule has 2 aromatic carbocycles. The zero-order chi connectivity index (χ0) is 24.9. The van der Waals surface area contributed by atoms with Crippen LogP contribution in [-0.4, -0.2) is 55.2 Å². The lowest BCUT2D eigenvalue weighted by Crippen LogP contribution is -2.47. The van der Waals surface area contributed by atoms with Crippen molar-refractivity contribution in [2.45, 2.75) is 26.3 Å². The van der Waals surface area contributed by atoms with Gasteiger partial charge >= 0.3 is 12.1 Å². The standard InChI is InChI=1S/C23H26BrN3O7/c1-3-32-19-12-16(10-17(24)21(19)34-14-20(28)29)13-25-27-22(30)18(26-23(31)33-4-2)11-15-8-6-5-7-9-15/h5-10,12-13,18H,3-4,11,14H2,1-2H3,(H,26,31)(H,27,30)(H,28,29)/b25-13-/t18-/m1/s1. The highest BCUT2D eigenvalue weighted by molar-refractivity contribution is 9.10. The second kappa shape index (κ2) is 13.8. The number of nitrogens with one attached hydrogen (secondary N) is 2. The molecule has 182 valence electrons. The Morgan fingerprint density at radius 2 is 1.85 bits per heavy atom. The van der Waals surface area contributed by atoms with Crippen molar-refractivity contribution in [3.05, 3.63) is 58.1 Å². The number of amides is 2. The average Bonchev–Trinajstić information content (AvgIpc) is 2.79. The Bertz CT molecular complexity index is 1020. The SMILES string of the molecule is CCOC(=O)N[C@H](Cc1ccccc1)C(=O)N/N=C\c1cc(Br)c(OCC(=O)O)c(OCC)c1. The van der Waals surface area contributed by atoms with Gasteiger partial charge in [-0.25, -0.2) is 15.0 Å². The monoisotopic (exact) mass is 535 g/mol. The van der Waals surface area contributed by atoms with Gasteiger partial charge < -0.3 is 24.6 Å². The van der Waals surface area contributed by atoms with E-state index >= 15 is 0 Å². The number of benzene rings is 2. The molecule has 11 heteroatoms. The second-order valence-corrected chi connectivity index (χ2v) is 7.64. The number of aliphatic carboxylic acids is 1. The minimum absolute atomic E-state index is 0.173. The molecule has 0 aromatic heterocycles. The van der Waals surface area contributed by atoms with Gasteiger partial charge in [-0.1, -0.05) is 30.3 Å². The van der Waals surface area contributed by atoms with Crippen molar-refractivity contribution >= 4 is 40.1 Å². The van der Waals surface area contributed by atoms with Crippen molar-refractivity contribution in [2.75, 3.05) is 19.8 Å². The first kappa shape index (κ1) is 26.7. The largest absolute Gasteiger partial charge is 0.490 e. The fraction of sp³-hybridized carbons (Fsp3) is 0.304. The Morgan fingerprint density at radius 3 is 2.50 bits per heavy atom. The normalized spacial score (nSPS) is 11.5. The predicted molar refractivity (Wildman–Crippen MR) is 128 cm³/mol. The number of ether oxygens (including phenoxy) is 3. The number of carbonyl (C=O) groups excluding carboxylic acids is 2. The molecule has 2 amide bonds. The van der Waals surface area contributed by atoms with E-state index in [1.165, 1.54) is 6.21 Å². The third-order valence-electron chi connectivity index (χ3n) is 4.23. The summed E-state index contributed by atoms with van der Waals surface area (Å²) in [4.78, 5) is 35.4. The van der Waals surface area contributed by atoms with Gasteiger partial charge in [0.15, 0.2) is 18.1 Å². The molecule has 0 heterocycles. The van der Waals surface area contributed by atoms with Gasteiger partial charge in [0.25, 0.3) is 5.91 Å². The number of carboxylic acids is 1. The molecule has 0 unspecified atom stereocenters. The number of halogens is 1. The van der Waals surface area contributed by atoms with Crippen LogP contribution in [0.3, 0.4) is 0 Å². The van der Waals surface area contributed by atoms with Gasteiger partial charge in [0, 0.05) is 6.42 Å². The first-order valence-electron chi connectivity index (χ1n) is 10.4. The van der Waals surface area contributed by atoms with Gasteiger partial charge in [0.1, 0.15) is 6.04 Å². The zero-order valence-corrected chi connectivity index (χ0v) is 20.3. The van der Waals surface area contributed by atoms with Crippen LogP contribution in [-0.2, 0) is 20.7 Å². The summed E-state index contributed by atoms with van der Waals surface area (Å²) in [6, 6.07) is 11.5. The molecule has 10 nitrogen and oxygen atoms in total. The lowest BCUT2D eigenvalue weighted by atomic mass is 10.1. The van der Waals surface area contributed by atoms with Crippen LogP contribution < -0.4 is 20.2 Å². The molecule has 3 N–H and O–H groups in total. The molecule has 0 aliphatic heterocycles. The van der Waals surface area contributed by atoms with E-state index in [4.69, 9.17) is 19.3 Å². The first-order chi connectivity index (χ1) is 16.3. The van der Waals surface area contributed by atoms with E-state index in [1.807, 2.05) is 30.3 Å². The molecule has 0 bridgehead atoms. The summed E-state index contributed by atoms with van der Waals surface area (Å²) >= 11 is 3.33. The molecule has 0 radical (unpaired) electrons. The van der Waals surface area contributed by atoms with E-state index in [2.05, 4.69) is 31.8 Å². The number of hydrogen-bond donors (Lipinski definition) is 3. The van der Waals surface area contributed by atoms with Gasteiger partial charge in [0.2, 0.25) is 0 Å². The minimum Gasteiger partial charge on any atom is -0.490 e. The maximum atomic E-state index is 12.7. The third kappa shape index (κ3) is 8.74. The van der Waals surface area contributed by atoms with Crippen LogP contribution in [0.25, 0.3) is 0 Å². The summed E-state index contributed by atoms with van der Waals surface area (Å²) in [5.41, 5.74) is 3.82. The van der Waals surface area contributed by atoms with E-state index < -0.39 is 30.6 Å². The molecule has 2 aromatic rings. The molecule has 0 fully saturated rings. The van der Waals surface area contributed by atoms with Crippen molar-refractivity contribution in [3.8, 4) is 11.5 Å². The van der Waals surface area contributed by atoms with Crippen LogP contribution in [0.5, 0.6) is 11.5 Å². The van der Waals surface area contributed by atoms with Crippen LogP contribution in [0, 0.1) is 0 Å². The lowest BCUT2D eigenvalue weighted by Gasteiger charge is -2.17. The number of carboxylic acid groups (broad SMARTS) is 1. The smallest absolute Gasteiger partial charge is 0.407 e. The van der Waals surface area contributed by atoms with Crippen LogP contribution >= 0.6 is 15.9 Å². The molecular formula is C23H26BrN3O7. The predicted octanol–water partition coefficient (Wildman–Crippen LogP) is 3.12. The van der Waals surface area contributed by atoms with Crippen molar-refractivity contribution in [1.29, 1.82) is 0 Å². The molecule has 0 spiro atoms. The topological polar surface area (TPSA) is 136 Å². The molecule has 0 saturated carbocycles. The van der Waals surface area contributed by atoms with E-state index in [1.54, 1.807) is 26.0 Å². The molecule has 1 atom stereocenters. The summed E-state index contributed by atoms with van der Waals surface area (Å²) in [5.74, 6) is -1.09. The fourth-order valence-electron chi connectivity index (χ4n) is 2.82. The number of hydrogen-bond acceptors (Lipinski definition) is 7. The number of hydrazone groups is 1. The molecule has 2 rings (SSSR count). The summed E-state index contributed by atoms with van der Waals surface area (Å²) < 4.78 is 16.2. The van der Waals surface area contributed by atoms with Gasteiger partial charge in [0.05, 0.1) is 23.9 Å². The highest BCUT2D eigenvalue weighted by Crippen LogP contribution is 2.36. The minimum atomic E-state index is -1.12. The van der Waals surface area contributed by atoms with Gasteiger partial charge in [-0.15, -0.1) is 0 Å². The van der Waals surface area contributed by atoms with Crippen LogP contribution in [0.15, 0.2) is 52.0 Å². The Balaban J connectivity index is 2.13. The van der Waals surface area contributed by atoms with E-state index in [0.717, 1.165) is 5.56 Å². The molecule has 0 saturated heterocycles. The van der Waals surface area contributed by atoms with Crippen molar-refractivity contribution in [3.63, 3.8) is 0 Å². The lowest BCUT2D eigenvalue weighted by molar-refractivity contribution is -0.139. The number of rotatable bonds is 12. The maximum Gasteiger partial charge on any atom is 0.407 e. The van der Waals surface area contributed by atoms with Gasteiger partial charge in [-0.2, -0.15) is 5.10 Å². The number of carbonyl (C=O) groups is 3. The van der Waals surface area contributed by atoms with Gasteiger partial charge in [-0.3, -0.25) is 4.79 Å². The first-order valence-corrected chi connectivity index (χ1v) is 11.2. The quantitative estimate of drug-likeness (QED) is 0.280. The summed E-state index contributed by atoms with van der Waals surface area (Å²) in [5, 5.41) is 15.4. The average molecular weight is 536 g/mol. The highest BCUT2D eigenvalue weighted by atomic mass is 79.9. The highest BCUT2D eigenvalue weighted by Gasteiger charge is 2.21. The molecular weight excluding hydrogens is 510 g/mol. The Morgan fingerprint density at radius 1 is 1.12 bits per heavy atom. The Labute approximate surface area is 205 Å². The van der Waals surface area contributed by atoms with Crippen molar-refractivity contribution in [2.24, 2.45) is 5.10 Å². The fourth-order valence-corrected chi connectivity index (χ4v) is 3.40. The summed E-state index contributed by atoms with van der Waals surface area (Å²) in [6.07, 6.45) is 0.928. The second-order valence-electron chi connectivity index (χ2n) is 6.79. The molecule has 0 aliphatic rings. The van der Waals surface area contributed by atoms with Crippen LogP contribution in [0.4, 0.5) is 4.79 Å². The van der Waals surface area contributed by atoms with Gasteiger partial charge in [-0.05, 0) is 53.0 Å². The van der Waals surface area contributed by atoms with Crippen molar-refractivity contribution < 1.29 is 33.7 Å². The maximum absolute atomic E-state index is 12.7. The van der Waals surface area contributed by atoms with E-state index in [0.29, 0.717) is 22.4 Å². The van der Waals surface area contributed by atoms with E-state index in [9.17, 15) is 14.4 Å². The van der Waals surface area contributed by atoms with Crippen LogP contribution in [0.2, 0.25) is 0 Å².